The molecule has 5 rings (SSSR count). The van der Waals surface area contributed by atoms with Crippen LogP contribution in [-0.2, 0) is 9.53 Å². The number of benzene rings is 1. The highest BCUT2D eigenvalue weighted by atomic mass is 16.5. The molecule has 0 saturated heterocycles. The minimum absolute atomic E-state index is 0.274. The highest BCUT2D eigenvalue weighted by Crippen LogP contribution is 2.34. The van der Waals surface area contributed by atoms with Gasteiger partial charge in [-0.05, 0) is 23.8 Å². The number of pyridine rings is 1. The van der Waals surface area contributed by atoms with E-state index in [4.69, 9.17) is 9.47 Å². The third kappa shape index (κ3) is 4.16. The normalized spacial score (nSPS) is 16.7. The van der Waals surface area contributed by atoms with Crippen molar-refractivity contribution in [2.75, 3.05) is 25.6 Å². The van der Waals surface area contributed by atoms with Crippen molar-refractivity contribution in [1.29, 1.82) is 0 Å². The zero-order valence-electron chi connectivity index (χ0n) is 18.3. The average molecular weight is 455 g/mol. The number of carbonyl (C=O) groups is 2. The molecular formula is C25H21N5O4. The van der Waals surface area contributed by atoms with Crippen LogP contribution < -0.4 is 10.1 Å². The van der Waals surface area contributed by atoms with E-state index in [2.05, 4.69) is 20.6 Å². The molecule has 0 saturated carbocycles. The van der Waals surface area contributed by atoms with Crippen molar-refractivity contribution in [2.45, 2.75) is 0 Å². The summed E-state index contributed by atoms with van der Waals surface area (Å²) in [5, 5.41) is 15.0. The Bertz CT molecular complexity index is 1380. The fourth-order valence-corrected chi connectivity index (χ4v) is 3.81. The van der Waals surface area contributed by atoms with Gasteiger partial charge in [-0.25, -0.2) is 4.52 Å². The first-order chi connectivity index (χ1) is 16.6. The van der Waals surface area contributed by atoms with Gasteiger partial charge in [0.15, 0.2) is 0 Å². The van der Waals surface area contributed by atoms with Crippen LogP contribution in [-0.4, -0.2) is 41.8 Å². The zero-order valence-corrected chi connectivity index (χ0v) is 18.3. The van der Waals surface area contributed by atoms with E-state index in [1.165, 1.54) is 6.20 Å². The summed E-state index contributed by atoms with van der Waals surface area (Å²) in [4.78, 5) is 25.0. The van der Waals surface area contributed by atoms with Gasteiger partial charge in [-0.1, -0.05) is 36.4 Å². The second kappa shape index (κ2) is 9.24. The molecule has 3 heterocycles. The molecule has 0 bridgehead atoms. The molecule has 2 aliphatic rings. The molecular weight excluding hydrogens is 434 g/mol. The number of azo groups is 1. The quantitative estimate of drug-likeness (QED) is 0.541. The van der Waals surface area contributed by atoms with Crippen molar-refractivity contribution in [3.05, 3.63) is 89.8 Å². The smallest absolute Gasteiger partial charge is 0.276 e. The molecule has 9 nitrogen and oxygen atoms in total. The Morgan fingerprint density at radius 2 is 1.97 bits per heavy atom. The van der Waals surface area contributed by atoms with E-state index in [9.17, 15) is 9.59 Å². The van der Waals surface area contributed by atoms with Crippen LogP contribution in [0.2, 0.25) is 0 Å². The Morgan fingerprint density at radius 3 is 2.79 bits per heavy atom. The van der Waals surface area contributed by atoms with Crippen LogP contribution in [0.1, 0.15) is 15.9 Å². The van der Waals surface area contributed by atoms with Gasteiger partial charge in [-0.3, -0.25) is 9.59 Å². The molecule has 0 spiro atoms. The Balaban J connectivity index is 1.34. The molecule has 2 aromatic heterocycles. The van der Waals surface area contributed by atoms with E-state index in [1.54, 1.807) is 42.1 Å². The molecule has 1 aromatic carbocycles. The van der Waals surface area contributed by atoms with Gasteiger partial charge < -0.3 is 14.8 Å². The molecule has 1 N–H and O–H groups in total. The number of hydrogen-bond acceptors (Lipinski definition) is 6. The van der Waals surface area contributed by atoms with Gasteiger partial charge in [-0.2, -0.15) is 5.10 Å². The zero-order chi connectivity index (χ0) is 23.5. The van der Waals surface area contributed by atoms with Crippen LogP contribution >= 0.6 is 0 Å². The van der Waals surface area contributed by atoms with Crippen LogP contribution in [0.3, 0.4) is 0 Å². The highest BCUT2D eigenvalue weighted by Gasteiger charge is 2.27. The van der Waals surface area contributed by atoms with E-state index in [0.29, 0.717) is 41.4 Å². The number of hydrogen-bond donors (Lipinski definition) is 1. The van der Waals surface area contributed by atoms with E-state index < -0.39 is 5.92 Å². The molecule has 0 fully saturated rings. The number of anilines is 1. The highest BCUT2D eigenvalue weighted by molar-refractivity contribution is 6.09. The third-order valence-electron chi connectivity index (χ3n) is 5.52. The van der Waals surface area contributed by atoms with Crippen LogP contribution in [0.25, 0.3) is 11.2 Å². The van der Waals surface area contributed by atoms with Crippen molar-refractivity contribution in [2.24, 2.45) is 16.1 Å². The van der Waals surface area contributed by atoms with Crippen LogP contribution in [0.4, 0.5) is 5.69 Å². The molecule has 34 heavy (non-hydrogen) atoms. The lowest BCUT2D eigenvalue weighted by Gasteiger charge is -2.19. The summed E-state index contributed by atoms with van der Waals surface area (Å²) in [5.41, 5.74) is 3.94. The SMILES string of the molecule is COCCOc1ccn2ncc(C(=O)Nc3ccc(C4=C5C=CC=CC5C(=O)N=N4)cc3)c2c1. The number of carbonyl (C=O) groups excluding carboxylic acids is 2. The van der Waals surface area contributed by atoms with Crippen molar-refractivity contribution < 1.29 is 19.1 Å². The number of fused-ring (bicyclic) bond motifs is 2. The number of methoxy groups -OCH3 is 1. The van der Waals surface area contributed by atoms with Gasteiger partial charge in [0.1, 0.15) is 12.4 Å². The number of nitrogens with one attached hydrogen (secondary N) is 1. The molecule has 1 aliphatic carbocycles. The molecule has 9 heteroatoms. The van der Waals surface area contributed by atoms with Crippen molar-refractivity contribution >= 4 is 28.7 Å². The Labute approximate surface area is 195 Å². The maximum absolute atomic E-state index is 12.9. The topological polar surface area (TPSA) is 107 Å². The fourth-order valence-electron chi connectivity index (χ4n) is 3.81. The summed E-state index contributed by atoms with van der Waals surface area (Å²) < 4.78 is 12.3. The van der Waals surface area contributed by atoms with Gasteiger partial charge >= 0.3 is 0 Å². The second-order valence-electron chi connectivity index (χ2n) is 7.69. The minimum Gasteiger partial charge on any atom is -0.491 e. The average Bonchev–Trinajstić information content (AvgIpc) is 3.29. The Hall–Kier alpha value is -4.37. The lowest BCUT2D eigenvalue weighted by Crippen LogP contribution is -2.17. The number of allylic oxidation sites excluding steroid dienone is 3. The summed E-state index contributed by atoms with van der Waals surface area (Å²) in [6.07, 6.45) is 10.7. The summed E-state index contributed by atoms with van der Waals surface area (Å²) in [5.74, 6) is -0.343. The second-order valence-corrected chi connectivity index (χ2v) is 7.69. The van der Waals surface area contributed by atoms with Gasteiger partial charge in [0.2, 0.25) is 0 Å². The van der Waals surface area contributed by atoms with E-state index in [-0.39, 0.29) is 11.8 Å². The minimum atomic E-state index is -0.407. The van der Waals surface area contributed by atoms with E-state index >= 15 is 0 Å². The lowest BCUT2D eigenvalue weighted by molar-refractivity contribution is -0.119. The summed E-state index contributed by atoms with van der Waals surface area (Å²) in [6, 6.07) is 10.8. The van der Waals surface area contributed by atoms with Crippen LogP contribution in [0.15, 0.2) is 88.9 Å². The standard InChI is InChI=1S/C25H21N5O4/c1-33-12-13-34-18-10-11-30-22(14-18)21(15-26-30)24(31)27-17-8-6-16(7-9-17)23-19-4-2-3-5-20(19)25(32)29-28-23/h2-11,14-15,20H,12-13H2,1H3,(H,27,31). The number of rotatable bonds is 7. The molecule has 1 atom stereocenters. The van der Waals surface area contributed by atoms with Crippen molar-refractivity contribution in [3.63, 3.8) is 0 Å². The predicted octanol–water partition coefficient (Wildman–Crippen LogP) is 4.06. The first-order valence-electron chi connectivity index (χ1n) is 10.7. The van der Waals surface area contributed by atoms with Crippen molar-refractivity contribution in [1.82, 2.24) is 9.61 Å². The first kappa shape index (κ1) is 21.5. The number of aromatic nitrogens is 2. The largest absolute Gasteiger partial charge is 0.491 e. The maximum atomic E-state index is 12.9. The third-order valence-corrected chi connectivity index (χ3v) is 5.52. The molecule has 170 valence electrons. The summed E-state index contributed by atoms with van der Waals surface area (Å²) >= 11 is 0. The van der Waals surface area contributed by atoms with Crippen LogP contribution in [0.5, 0.6) is 5.75 Å². The number of amides is 2. The molecule has 1 aliphatic heterocycles. The number of ether oxygens (including phenoxy) is 2. The fraction of sp³-hybridized carbons (Fsp3) is 0.160. The van der Waals surface area contributed by atoms with Crippen LogP contribution in [0, 0.1) is 5.92 Å². The van der Waals surface area contributed by atoms with Gasteiger partial charge in [-0.15, -0.1) is 10.2 Å². The monoisotopic (exact) mass is 455 g/mol. The Kier molecular flexibility index (Phi) is 5.84. The Morgan fingerprint density at radius 1 is 1.12 bits per heavy atom. The lowest BCUT2D eigenvalue weighted by atomic mass is 9.89. The first-order valence-corrected chi connectivity index (χ1v) is 10.7. The predicted molar refractivity (Wildman–Crippen MR) is 126 cm³/mol. The number of nitrogens with zero attached hydrogens (tertiary/aromatic N) is 4. The molecule has 0 radical (unpaired) electrons. The van der Waals surface area contributed by atoms with Gasteiger partial charge in [0.05, 0.1) is 35.5 Å². The molecule has 1 unspecified atom stereocenters. The van der Waals surface area contributed by atoms with E-state index in [0.717, 1.165) is 11.1 Å². The molecule has 2 amide bonds. The summed E-state index contributed by atoms with van der Waals surface area (Å²) in [7, 11) is 1.61. The van der Waals surface area contributed by atoms with Crippen molar-refractivity contribution in [3.8, 4) is 5.75 Å². The van der Waals surface area contributed by atoms with Gasteiger partial charge in [0, 0.05) is 30.6 Å². The summed E-state index contributed by atoms with van der Waals surface area (Å²) in [6.45, 7) is 0.880. The van der Waals surface area contributed by atoms with Gasteiger partial charge in [0.25, 0.3) is 11.8 Å². The maximum Gasteiger partial charge on any atom is 0.276 e. The molecule has 3 aromatic rings. The van der Waals surface area contributed by atoms with E-state index in [1.807, 2.05) is 36.4 Å².